The van der Waals surface area contributed by atoms with E-state index in [4.69, 9.17) is 0 Å². The van der Waals surface area contributed by atoms with Crippen LogP contribution >= 0.6 is 0 Å². The van der Waals surface area contributed by atoms with Crippen molar-refractivity contribution in [3.63, 3.8) is 0 Å². The van der Waals surface area contributed by atoms with Crippen molar-refractivity contribution in [2.45, 2.75) is 12.8 Å². The maximum atomic E-state index is 11.9. The van der Waals surface area contributed by atoms with E-state index in [-0.39, 0.29) is 5.91 Å². The minimum Gasteiger partial charge on any atom is -0.339 e. The van der Waals surface area contributed by atoms with E-state index in [1.54, 1.807) is 0 Å². The van der Waals surface area contributed by atoms with Crippen LogP contribution in [0.25, 0.3) is 0 Å². The first-order valence-electron chi connectivity index (χ1n) is 5.98. The van der Waals surface area contributed by atoms with E-state index in [1.165, 1.54) is 0 Å². The number of piperazine rings is 1. The molecule has 2 fully saturated rings. The summed E-state index contributed by atoms with van der Waals surface area (Å²) in [5, 5.41) is 3.23. The van der Waals surface area contributed by atoms with E-state index in [1.807, 2.05) is 4.90 Å². The van der Waals surface area contributed by atoms with E-state index < -0.39 is 0 Å². The zero-order valence-corrected chi connectivity index (χ0v) is 9.57. The summed E-state index contributed by atoms with van der Waals surface area (Å²) < 4.78 is 0. The highest BCUT2D eigenvalue weighted by Crippen LogP contribution is 2.06. The number of hydrogen-bond donors (Lipinski definition) is 1. The first-order valence-corrected chi connectivity index (χ1v) is 5.98. The molecule has 2 heterocycles. The van der Waals surface area contributed by atoms with Gasteiger partial charge in [-0.1, -0.05) is 0 Å². The molecule has 0 aromatic heterocycles. The van der Waals surface area contributed by atoms with Crippen molar-refractivity contribution in [1.29, 1.82) is 0 Å². The highest BCUT2D eigenvalue weighted by molar-refractivity contribution is 5.81. The SMILES string of the molecule is O=C1CCN(CC(=O)N2CCNCC2)CC1. The summed E-state index contributed by atoms with van der Waals surface area (Å²) in [7, 11) is 0. The Balaban J connectivity index is 1.75. The second kappa shape index (κ2) is 5.41. The van der Waals surface area contributed by atoms with Crippen LogP contribution in [0.1, 0.15) is 12.8 Å². The van der Waals surface area contributed by atoms with Gasteiger partial charge in [-0.25, -0.2) is 0 Å². The van der Waals surface area contributed by atoms with Crippen LogP contribution < -0.4 is 5.32 Å². The van der Waals surface area contributed by atoms with Crippen LogP contribution in [-0.2, 0) is 9.59 Å². The van der Waals surface area contributed by atoms with Crippen LogP contribution in [0, 0.1) is 0 Å². The van der Waals surface area contributed by atoms with Crippen LogP contribution in [0.4, 0.5) is 0 Å². The Morgan fingerprint density at radius 3 is 2.38 bits per heavy atom. The monoisotopic (exact) mass is 225 g/mol. The number of ketones is 1. The number of hydrogen-bond acceptors (Lipinski definition) is 4. The molecular weight excluding hydrogens is 206 g/mol. The molecular formula is C11H19N3O2. The predicted octanol–water partition coefficient (Wildman–Crippen LogP) is -0.917. The van der Waals surface area contributed by atoms with Crippen LogP contribution in [0.3, 0.4) is 0 Å². The average molecular weight is 225 g/mol. The van der Waals surface area contributed by atoms with Crippen molar-refractivity contribution in [1.82, 2.24) is 15.1 Å². The molecule has 2 aliphatic rings. The van der Waals surface area contributed by atoms with Crippen molar-refractivity contribution in [2.75, 3.05) is 45.8 Å². The van der Waals surface area contributed by atoms with Gasteiger partial charge in [0.1, 0.15) is 5.78 Å². The summed E-state index contributed by atoms with van der Waals surface area (Å²) in [5.74, 6) is 0.529. The third kappa shape index (κ3) is 3.02. The molecule has 16 heavy (non-hydrogen) atoms. The van der Waals surface area contributed by atoms with E-state index >= 15 is 0 Å². The number of likely N-dealkylation sites (tertiary alicyclic amines) is 1. The molecule has 0 bridgehead atoms. The van der Waals surface area contributed by atoms with Gasteiger partial charge in [0.25, 0.3) is 0 Å². The minimum absolute atomic E-state index is 0.204. The second-order valence-electron chi connectivity index (χ2n) is 4.45. The van der Waals surface area contributed by atoms with Crippen LogP contribution in [-0.4, -0.2) is 67.3 Å². The normalized spacial score (nSPS) is 23.5. The predicted molar refractivity (Wildman–Crippen MR) is 60.1 cm³/mol. The van der Waals surface area contributed by atoms with Crippen molar-refractivity contribution in [3.05, 3.63) is 0 Å². The molecule has 0 radical (unpaired) electrons. The number of nitrogens with one attached hydrogen (secondary N) is 1. The fourth-order valence-electron chi connectivity index (χ4n) is 2.17. The summed E-state index contributed by atoms with van der Waals surface area (Å²) in [6, 6.07) is 0. The van der Waals surface area contributed by atoms with Gasteiger partial charge in [0.05, 0.1) is 6.54 Å². The summed E-state index contributed by atoms with van der Waals surface area (Å²) in [5.41, 5.74) is 0. The molecule has 0 atom stereocenters. The Morgan fingerprint density at radius 2 is 1.75 bits per heavy atom. The van der Waals surface area contributed by atoms with Gasteiger partial charge < -0.3 is 10.2 Å². The lowest BCUT2D eigenvalue weighted by Crippen LogP contribution is -2.50. The molecule has 5 nitrogen and oxygen atoms in total. The number of nitrogens with zero attached hydrogens (tertiary/aromatic N) is 2. The molecule has 0 spiro atoms. The first-order chi connectivity index (χ1) is 7.75. The van der Waals surface area contributed by atoms with Crippen molar-refractivity contribution >= 4 is 11.7 Å². The molecule has 5 heteroatoms. The molecule has 1 N–H and O–H groups in total. The number of amides is 1. The number of carbonyl (C=O) groups excluding carboxylic acids is 2. The Morgan fingerprint density at radius 1 is 1.12 bits per heavy atom. The smallest absolute Gasteiger partial charge is 0.236 e. The zero-order valence-electron chi connectivity index (χ0n) is 9.57. The molecule has 0 aliphatic carbocycles. The van der Waals surface area contributed by atoms with Crippen LogP contribution in [0.2, 0.25) is 0 Å². The minimum atomic E-state index is 0.204. The van der Waals surface area contributed by atoms with Gasteiger partial charge in [-0.2, -0.15) is 0 Å². The van der Waals surface area contributed by atoms with E-state index in [0.717, 1.165) is 39.3 Å². The van der Waals surface area contributed by atoms with Gasteiger partial charge in [-0.05, 0) is 0 Å². The van der Waals surface area contributed by atoms with E-state index in [9.17, 15) is 9.59 Å². The maximum Gasteiger partial charge on any atom is 0.236 e. The molecule has 2 rings (SSSR count). The summed E-state index contributed by atoms with van der Waals surface area (Å²) >= 11 is 0. The summed E-state index contributed by atoms with van der Waals surface area (Å²) in [6.45, 7) is 5.38. The number of Topliss-reactive ketones (excluding diaryl/α,β-unsaturated/α-hetero) is 1. The van der Waals surface area contributed by atoms with Crippen LogP contribution in [0.15, 0.2) is 0 Å². The van der Waals surface area contributed by atoms with Gasteiger partial charge >= 0.3 is 0 Å². The fraction of sp³-hybridized carbons (Fsp3) is 0.818. The van der Waals surface area contributed by atoms with Gasteiger partial charge in [-0.15, -0.1) is 0 Å². The summed E-state index contributed by atoms with van der Waals surface area (Å²) in [4.78, 5) is 27.0. The second-order valence-corrected chi connectivity index (χ2v) is 4.45. The zero-order chi connectivity index (χ0) is 11.4. The lowest BCUT2D eigenvalue weighted by molar-refractivity contribution is -0.134. The van der Waals surface area contributed by atoms with Crippen molar-refractivity contribution < 1.29 is 9.59 Å². The number of rotatable bonds is 2. The fourth-order valence-corrected chi connectivity index (χ4v) is 2.17. The van der Waals surface area contributed by atoms with Gasteiger partial charge in [0, 0.05) is 52.1 Å². The highest BCUT2D eigenvalue weighted by Gasteiger charge is 2.22. The standard InChI is InChI=1S/C11H19N3O2/c15-10-1-5-13(6-2-10)9-11(16)14-7-3-12-4-8-14/h12H,1-9H2. The Labute approximate surface area is 95.8 Å². The molecule has 1 amide bonds. The third-order valence-corrected chi connectivity index (χ3v) is 3.24. The van der Waals surface area contributed by atoms with Gasteiger partial charge in [-0.3, -0.25) is 14.5 Å². The maximum absolute atomic E-state index is 11.9. The number of carbonyl (C=O) groups is 2. The van der Waals surface area contributed by atoms with E-state index in [2.05, 4.69) is 10.2 Å². The van der Waals surface area contributed by atoms with E-state index in [0.29, 0.717) is 25.2 Å². The number of piperidine rings is 1. The first kappa shape index (κ1) is 11.5. The molecule has 0 saturated carbocycles. The van der Waals surface area contributed by atoms with Crippen LogP contribution in [0.5, 0.6) is 0 Å². The molecule has 2 aliphatic heterocycles. The third-order valence-electron chi connectivity index (χ3n) is 3.24. The molecule has 90 valence electrons. The lowest BCUT2D eigenvalue weighted by Gasteiger charge is -2.31. The Bertz CT molecular complexity index is 264. The quantitative estimate of drug-likeness (QED) is 0.660. The highest BCUT2D eigenvalue weighted by atomic mass is 16.2. The molecule has 2 saturated heterocycles. The lowest BCUT2D eigenvalue weighted by atomic mass is 10.1. The largest absolute Gasteiger partial charge is 0.339 e. The molecule has 0 aromatic rings. The van der Waals surface area contributed by atoms with Gasteiger partial charge in [0.2, 0.25) is 5.91 Å². The topological polar surface area (TPSA) is 52.7 Å². The average Bonchev–Trinajstić information content (AvgIpc) is 2.33. The van der Waals surface area contributed by atoms with Crippen molar-refractivity contribution in [3.8, 4) is 0 Å². The summed E-state index contributed by atoms with van der Waals surface area (Å²) in [6.07, 6.45) is 1.21. The van der Waals surface area contributed by atoms with Crippen molar-refractivity contribution in [2.24, 2.45) is 0 Å². The molecule has 0 aromatic carbocycles. The Hall–Kier alpha value is -0.940. The molecule has 0 unspecified atom stereocenters. The van der Waals surface area contributed by atoms with Gasteiger partial charge in [0.15, 0.2) is 0 Å². The Kier molecular flexibility index (Phi) is 3.90.